The first kappa shape index (κ1) is 26.5. The van der Waals surface area contributed by atoms with Crippen molar-refractivity contribution < 1.29 is 18.0 Å². The van der Waals surface area contributed by atoms with Gasteiger partial charge in [-0.1, -0.05) is 17.3 Å². The van der Waals surface area contributed by atoms with Crippen LogP contribution < -0.4 is 4.90 Å². The first-order valence-electron chi connectivity index (χ1n) is 12.7. The Kier molecular flexibility index (Phi) is 7.42. The third-order valence-corrected chi connectivity index (χ3v) is 6.82. The molecular formula is C28H28F3N7O. The number of aromatic nitrogens is 5. The zero-order valence-electron chi connectivity index (χ0n) is 21.7. The molecule has 5 rings (SSSR count). The summed E-state index contributed by atoms with van der Waals surface area (Å²) in [4.78, 5) is 25.6. The SMILES string of the molecule is Cc1ncc(CC(=O)c2cc(C(F)(F)F)ccn2)cc1-n1cc(-c2cccc(N3CCCN(C)CC3)c2)nn1. The predicted octanol–water partition coefficient (Wildman–Crippen LogP) is 4.62. The Morgan fingerprint density at radius 3 is 2.69 bits per heavy atom. The van der Waals surface area contributed by atoms with Gasteiger partial charge in [0.1, 0.15) is 11.4 Å². The van der Waals surface area contributed by atoms with Gasteiger partial charge in [-0.3, -0.25) is 14.8 Å². The standard InChI is InChI=1S/C28H28F3N7O/c1-19-26(13-20(17-33-19)14-27(39)24-16-22(7-8-32-24)28(29,30)31)38-18-25(34-35-38)21-5-3-6-23(15-21)37-10-4-9-36(2)11-12-37/h3,5-8,13,15-18H,4,9-12,14H2,1-2H3. The van der Waals surface area contributed by atoms with Gasteiger partial charge in [0.15, 0.2) is 5.78 Å². The molecule has 4 heterocycles. The molecule has 0 N–H and O–H groups in total. The number of alkyl halides is 3. The molecule has 1 aromatic carbocycles. The van der Waals surface area contributed by atoms with Crippen molar-refractivity contribution in [3.05, 3.63) is 83.6 Å². The van der Waals surface area contributed by atoms with Crippen molar-refractivity contribution in [1.82, 2.24) is 29.9 Å². The normalized spacial score (nSPS) is 14.8. The van der Waals surface area contributed by atoms with Gasteiger partial charge in [0.2, 0.25) is 0 Å². The van der Waals surface area contributed by atoms with Crippen LogP contribution in [-0.4, -0.2) is 68.9 Å². The quantitative estimate of drug-likeness (QED) is 0.334. The molecule has 0 unspecified atom stereocenters. The Hall–Kier alpha value is -4.12. The molecular weight excluding hydrogens is 507 g/mol. The third-order valence-electron chi connectivity index (χ3n) is 6.82. The molecule has 39 heavy (non-hydrogen) atoms. The van der Waals surface area contributed by atoms with Crippen LogP contribution in [0.4, 0.5) is 18.9 Å². The first-order valence-corrected chi connectivity index (χ1v) is 12.7. The van der Waals surface area contributed by atoms with Crippen LogP contribution in [0.5, 0.6) is 0 Å². The van der Waals surface area contributed by atoms with E-state index in [2.05, 4.69) is 49.3 Å². The molecule has 1 saturated heterocycles. The number of ketones is 1. The predicted molar refractivity (Wildman–Crippen MR) is 141 cm³/mol. The van der Waals surface area contributed by atoms with Gasteiger partial charge in [0.25, 0.3) is 0 Å². The number of carbonyl (C=O) groups excluding carboxylic acids is 1. The van der Waals surface area contributed by atoms with Crippen LogP contribution in [0.2, 0.25) is 0 Å². The fraction of sp³-hybridized carbons (Fsp3) is 0.321. The summed E-state index contributed by atoms with van der Waals surface area (Å²) in [6, 6.07) is 11.6. The number of nitrogens with zero attached hydrogens (tertiary/aromatic N) is 7. The first-order chi connectivity index (χ1) is 18.7. The van der Waals surface area contributed by atoms with Crippen molar-refractivity contribution in [2.45, 2.75) is 25.9 Å². The van der Waals surface area contributed by atoms with E-state index in [1.165, 1.54) is 6.20 Å². The van der Waals surface area contributed by atoms with Gasteiger partial charge >= 0.3 is 6.18 Å². The molecule has 0 amide bonds. The molecule has 202 valence electrons. The Bertz CT molecular complexity index is 1480. The van der Waals surface area contributed by atoms with E-state index in [1.54, 1.807) is 16.9 Å². The van der Waals surface area contributed by atoms with Crippen LogP contribution in [0, 0.1) is 6.92 Å². The number of hydrogen-bond donors (Lipinski definition) is 0. The Balaban J connectivity index is 1.35. The Morgan fingerprint density at radius 1 is 1.03 bits per heavy atom. The minimum atomic E-state index is -4.55. The smallest absolute Gasteiger partial charge is 0.370 e. The highest BCUT2D eigenvalue weighted by atomic mass is 19.4. The summed E-state index contributed by atoms with van der Waals surface area (Å²) < 4.78 is 40.7. The fourth-order valence-corrected chi connectivity index (χ4v) is 4.61. The number of pyridine rings is 2. The maximum absolute atomic E-state index is 13.0. The Morgan fingerprint density at radius 2 is 1.87 bits per heavy atom. The summed E-state index contributed by atoms with van der Waals surface area (Å²) in [7, 11) is 2.14. The van der Waals surface area contributed by atoms with Gasteiger partial charge in [-0.05, 0) is 62.8 Å². The highest BCUT2D eigenvalue weighted by Gasteiger charge is 2.31. The number of aryl methyl sites for hydroxylation is 1. The van der Waals surface area contributed by atoms with Gasteiger partial charge in [-0.2, -0.15) is 13.2 Å². The van der Waals surface area contributed by atoms with Gasteiger partial charge in [-0.15, -0.1) is 5.10 Å². The van der Waals surface area contributed by atoms with E-state index in [9.17, 15) is 18.0 Å². The molecule has 0 aliphatic carbocycles. The summed E-state index contributed by atoms with van der Waals surface area (Å²) in [5.41, 5.74) is 3.44. The highest BCUT2D eigenvalue weighted by molar-refractivity contribution is 5.95. The zero-order valence-corrected chi connectivity index (χ0v) is 21.7. The van der Waals surface area contributed by atoms with Crippen molar-refractivity contribution in [1.29, 1.82) is 0 Å². The maximum Gasteiger partial charge on any atom is 0.416 e. The fourth-order valence-electron chi connectivity index (χ4n) is 4.61. The minimum absolute atomic E-state index is 0.150. The second kappa shape index (κ2) is 10.9. The maximum atomic E-state index is 13.0. The molecule has 0 saturated carbocycles. The van der Waals surface area contributed by atoms with Gasteiger partial charge in [0, 0.05) is 49.7 Å². The molecule has 8 nitrogen and oxygen atoms in total. The number of hydrogen-bond acceptors (Lipinski definition) is 7. The van der Waals surface area contributed by atoms with E-state index >= 15 is 0 Å². The van der Waals surface area contributed by atoms with Crippen LogP contribution in [0.3, 0.4) is 0 Å². The average Bonchev–Trinajstić information content (AvgIpc) is 3.31. The number of rotatable bonds is 6. The van der Waals surface area contributed by atoms with Crippen molar-refractivity contribution in [3.63, 3.8) is 0 Å². The Labute approximate surface area is 224 Å². The van der Waals surface area contributed by atoms with Crippen molar-refractivity contribution in [3.8, 4) is 16.9 Å². The van der Waals surface area contributed by atoms with Crippen LogP contribution in [0.1, 0.15) is 33.7 Å². The lowest BCUT2D eigenvalue weighted by Crippen LogP contribution is -2.28. The van der Waals surface area contributed by atoms with E-state index in [0.717, 1.165) is 62.2 Å². The second-order valence-corrected chi connectivity index (χ2v) is 9.72. The number of halogens is 3. The van der Waals surface area contributed by atoms with Crippen LogP contribution in [-0.2, 0) is 12.6 Å². The van der Waals surface area contributed by atoms with Crippen LogP contribution in [0.25, 0.3) is 16.9 Å². The number of likely N-dealkylation sites (N-methyl/N-ethyl adjacent to an activating group) is 1. The molecule has 0 bridgehead atoms. The summed E-state index contributed by atoms with van der Waals surface area (Å²) in [5.74, 6) is -0.534. The molecule has 1 fully saturated rings. The van der Waals surface area contributed by atoms with E-state index in [0.29, 0.717) is 22.6 Å². The van der Waals surface area contributed by atoms with Crippen molar-refractivity contribution >= 4 is 11.5 Å². The third kappa shape index (κ3) is 6.14. The number of carbonyl (C=O) groups is 1. The molecule has 11 heteroatoms. The van der Waals surface area contributed by atoms with E-state index < -0.39 is 17.5 Å². The van der Waals surface area contributed by atoms with Crippen LogP contribution in [0.15, 0.2) is 61.1 Å². The monoisotopic (exact) mass is 535 g/mol. The number of Topliss-reactive ketones (excluding diaryl/α,β-unsaturated/α-hetero) is 1. The lowest BCUT2D eigenvalue weighted by molar-refractivity contribution is -0.137. The molecule has 1 aliphatic heterocycles. The lowest BCUT2D eigenvalue weighted by Gasteiger charge is -2.23. The summed E-state index contributed by atoms with van der Waals surface area (Å²) >= 11 is 0. The number of anilines is 1. The molecule has 4 aromatic rings. The molecule has 0 spiro atoms. The largest absolute Gasteiger partial charge is 0.416 e. The summed E-state index contributed by atoms with van der Waals surface area (Å²) in [6.07, 6.45) is 0.732. The zero-order chi connectivity index (χ0) is 27.6. The molecule has 3 aromatic heterocycles. The van der Waals surface area contributed by atoms with Gasteiger partial charge < -0.3 is 9.80 Å². The van der Waals surface area contributed by atoms with Crippen molar-refractivity contribution in [2.75, 3.05) is 38.1 Å². The minimum Gasteiger partial charge on any atom is -0.370 e. The topological polar surface area (TPSA) is 80.0 Å². The van der Waals surface area contributed by atoms with Crippen LogP contribution >= 0.6 is 0 Å². The lowest BCUT2D eigenvalue weighted by atomic mass is 10.1. The van der Waals surface area contributed by atoms with E-state index in [1.807, 2.05) is 19.1 Å². The number of benzene rings is 1. The average molecular weight is 536 g/mol. The van der Waals surface area contributed by atoms with E-state index in [4.69, 9.17) is 0 Å². The summed E-state index contributed by atoms with van der Waals surface area (Å²) in [6.45, 7) is 5.86. The summed E-state index contributed by atoms with van der Waals surface area (Å²) in [5, 5.41) is 8.66. The van der Waals surface area contributed by atoms with E-state index in [-0.39, 0.29) is 12.1 Å². The second-order valence-electron chi connectivity index (χ2n) is 9.72. The van der Waals surface area contributed by atoms with Crippen molar-refractivity contribution in [2.24, 2.45) is 0 Å². The van der Waals surface area contributed by atoms with Gasteiger partial charge in [0.05, 0.1) is 23.1 Å². The van der Waals surface area contributed by atoms with Gasteiger partial charge in [-0.25, -0.2) is 4.68 Å². The molecule has 0 atom stereocenters. The highest BCUT2D eigenvalue weighted by Crippen LogP contribution is 2.29. The molecule has 0 radical (unpaired) electrons. The molecule has 1 aliphatic rings.